The summed E-state index contributed by atoms with van der Waals surface area (Å²) >= 11 is 5.80. The molecule has 5 nitrogen and oxygen atoms in total. The molecule has 1 heterocycles. The van der Waals surface area contributed by atoms with Crippen molar-refractivity contribution in [2.75, 3.05) is 11.3 Å². The molecule has 1 aromatic heterocycles. The summed E-state index contributed by atoms with van der Waals surface area (Å²) in [4.78, 5) is 3.82. The average Bonchev–Trinajstić information content (AvgIpc) is 2.21. The fourth-order valence-corrected chi connectivity index (χ4v) is 2.43. The number of pyridine rings is 1. The lowest BCUT2D eigenvalue weighted by Crippen LogP contribution is -2.31. The zero-order valence-corrected chi connectivity index (χ0v) is 10.7. The maximum atomic E-state index is 11.6. The zero-order chi connectivity index (χ0) is 12.2. The first-order valence-electron chi connectivity index (χ1n) is 4.85. The molecule has 16 heavy (non-hydrogen) atoms. The van der Waals surface area contributed by atoms with Crippen molar-refractivity contribution in [3.8, 4) is 0 Å². The Balaban J connectivity index is 2.88. The van der Waals surface area contributed by atoms with E-state index in [-0.39, 0.29) is 5.15 Å². The second-order valence-electron chi connectivity index (χ2n) is 3.29. The Kier molecular flexibility index (Phi) is 4.52. The number of hydrogen-bond donors (Lipinski definition) is 2. The molecule has 90 valence electrons. The molecule has 0 amide bonds. The van der Waals surface area contributed by atoms with Crippen molar-refractivity contribution >= 4 is 27.5 Å². The van der Waals surface area contributed by atoms with Gasteiger partial charge in [0.1, 0.15) is 0 Å². The fraction of sp³-hybridized carbons (Fsp3) is 0.444. The van der Waals surface area contributed by atoms with Crippen LogP contribution in [0.25, 0.3) is 0 Å². The number of rotatable bonds is 5. The van der Waals surface area contributed by atoms with Crippen LogP contribution in [-0.4, -0.2) is 19.9 Å². The Morgan fingerprint density at radius 2 is 2.19 bits per heavy atom. The van der Waals surface area contributed by atoms with Gasteiger partial charge in [0.25, 0.3) is 10.2 Å². The number of anilines is 1. The smallest absolute Gasteiger partial charge is 0.268 e. The molecule has 0 aliphatic carbocycles. The normalized spacial score (nSPS) is 11.4. The quantitative estimate of drug-likeness (QED) is 0.795. The molecule has 0 saturated heterocycles. The van der Waals surface area contributed by atoms with Crippen LogP contribution in [0.15, 0.2) is 12.3 Å². The summed E-state index contributed by atoms with van der Waals surface area (Å²) in [5.74, 6) is 0. The molecule has 0 bridgehead atoms. The Morgan fingerprint density at radius 3 is 2.75 bits per heavy atom. The Morgan fingerprint density at radius 1 is 1.50 bits per heavy atom. The highest BCUT2D eigenvalue weighted by molar-refractivity contribution is 7.90. The molecule has 0 aromatic carbocycles. The zero-order valence-electron chi connectivity index (χ0n) is 9.12. The maximum Gasteiger partial charge on any atom is 0.299 e. The molecule has 2 N–H and O–H groups in total. The van der Waals surface area contributed by atoms with Crippen LogP contribution in [0, 0.1) is 6.92 Å². The lowest BCUT2D eigenvalue weighted by Gasteiger charge is -2.11. The molecule has 0 aliphatic heterocycles. The molecule has 0 unspecified atom stereocenters. The molecule has 1 aromatic rings. The molecular formula is C9H14ClN3O2S. The van der Waals surface area contributed by atoms with E-state index in [2.05, 4.69) is 14.4 Å². The standard InChI is InChI=1S/C9H14ClN3O2S/c1-3-5-12-16(14,15)13-8-7(2)4-6-11-9(8)10/h4,6,12-13H,3,5H2,1-2H3. The minimum Gasteiger partial charge on any atom is -0.268 e. The van der Waals surface area contributed by atoms with Gasteiger partial charge in [-0.15, -0.1) is 0 Å². The third-order valence-corrected chi connectivity index (χ3v) is 3.24. The Hall–Kier alpha value is -0.850. The van der Waals surface area contributed by atoms with E-state index in [1.54, 1.807) is 13.0 Å². The summed E-state index contributed by atoms with van der Waals surface area (Å²) in [5, 5.41) is 0.141. The van der Waals surface area contributed by atoms with Gasteiger partial charge >= 0.3 is 0 Å². The summed E-state index contributed by atoms with van der Waals surface area (Å²) in [6.45, 7) is 4.02. The van der Waals surface area contributed by atoms with Crippen molar-refractivity contribution < 1.29 is 8.42 Å². The van der Waals surface area contributed by atoms with Crippen LogP contribution < -0.4 is 9.44 Å². The molecule has 0 atom stereocenters. The van der Waals surface area contributed by atoms with Gasteiger partial charge in [-0.2, -0.15) is 13.1 Å². The van der Waals surface area contributed by atoms with Gasteiger partial charge in [-0.1, -0.05) is 18.5 Å². The highest BCUT2D eigenvalue weighted by Crippen LogP contribution is 2.23. The highest BCUT2D eigenvalue weighted by Gasteiger charge is 2.13. The maximum absolute atomic E-state index is 11.6. The van der Waals surface area contributed by atoms with Gasteiger partial charge in [0.2, 0.25) is 0 Å². The van der Waals surface area contributed by atoms with E-state index in [0.29, 0.717) is 12.2 Å². The summed E-state index contributed by atoms with van der Waals surface area (Å²) in [6, 6.07) is 1.68. The third-order valence-electron chi connectivity index (χ3n) is 1.89. The monoisotopic (exact) mass is 263 g/mol. The minimum atomic E-state index is -3.57. The van der Waals surface area contributed by atoms with E-state index in [9.17, 15) is 8.42 Å². The average molecular weight is 264 g/mol. The topological polar surface area (TPSA) is 71.1 Å². The first-order valence-corrected chi connectivity index (χ1v) is 6.71. The molecule has 7 heteroatoms. The highest BCUT2D eigenvalue weighted by atomic mass is 35.5. The first-order chi connectivity index (χ1) is 7.46. The van der Waals surface area contributed by atoms with E-state index in [1.165, 1.54) is 6.20 Å². The van der Waals surface area contributed by atoms with Crippen molar-refractivity contribution in [2.24, 2.45) is 0 Å². The summed E-state index contributed by atoms with van der Waals surface area (Å²) in [6.07, 6.45) is 2.25. The minimum absolute atomic E-state index is 0.141. The number of aromatic nitrogens is 1. The second kappa shape index (κ2) is 5.47. The van der Waals surface area contributed by atoms with Crippen molar-refractivity contribution in [2.45, 2.75) is 20.3 Å². The van der Waals surface area contributed by atoms with Gasteiger partial charge in [0.05, 0.1) is 5.69 Å². The predicted molar refractivity (Wildman–Crippen MR) is 64.8 cm³/mol. The number of nitrogens with zero attached hydrogens (tertiary/aromatic N) is 1. The van der Waals surface area contributed by atoms with E-state index in [4.69, 9.17) is 11.6 Å². The van der Waals surface area contributed by atoms with Crippen molar-refractivity contribution in [3.63, 3.8) is 0 Å². The van der Waals surface area contributed by atoms with Crippen LogP contribution in [0.1, 0.15) is 18.9 Å². The van der Waals surface area contributed by atoms with Gasteiger partial charge in [0, 0.05) is 12.7 Å². The molecule has 0 radical (unpaired) electrons. The Bertz CT molecular complexity index is 442. The van der Waals surface area contributed by atoms with Gasteiger partial charge < -0.3 is 0 Å². The molecule has 0 spiro atoms. The molecule has 1 rings (SSSR count). The van der Waals surface area contributed by atoms with Gasteiger partial charge in [-0.25, -0.2) is 4.98 Å². The predicted octanol–water partition coefficient (Wildman–Crippen LogP) is 1.70. The number of halogens is 1. The number of hydrogen-bond acceptors (Lipinski definition) is 3. The van der Waals surface area contributed by atoms with Crippen LogP contribution in [0.5, 0.6) is 0 Å². The largest absolute Gasteiger partial charge is 0.299 e. The van der Waals surface area contributed by atoms with Gasteiger partial charge in [0.15, 0.2) is 5.15 Å². The molecule has 0 fully saturated rings. The van der Waals surface area contributed by atoms with Crippen LogP contribution in [-0.2, 0) is 10.2 Å². The molecular weight excluding hydrogens is 250 g/mol. The van der Waals surface area contributed by atoms with Crippen molar-refractivity contribution in [1.82, 2.24) is 9.71 Å². The second-order valence-corrected chi connectivity index (χ2v) is 5.15. The van der Waals surface area contributed by atoms with Crippen molar-refractivity contribution in [1.29, 1.82) is 0 Å². The van der Waals surface area contributed by atoms with E-state index < -0.39 is 10.2 Å². The van der Waals surface area contributed by atoms with E-state index >= 15 is 0 Å². The lowest BCUT2D eigenvalue weighted by molar-refractivity contribution is 0.586. The van der Waals surface area contributed by atoms with Crippen LogP contribution in [0.2, 0.25) is 5.15 Å². The summed E-state index contributed by atoms with van der Waals surface area (Å²) in [7, 11) is -3.57. The van der Waals surface area contributed by atoms with E-state index in [0.717, 1.165) is 12.0 Å². The molecule has 0 saturated carbocycles. The number of nitrogens with one attached hydrogen (secondary N) is 2. The summed E-state index contributed by atoms with van der Waals surface area (Å²) in [5.41, 5.74) is 1.04. The van der Waals surface area contributed by atoms with Crippen LogP contribution in [0.3, 0.4) is 0 Å². The summed E-state index contributed by atoms with van der Waals surface area (Å²) < 4.78 is 27.9. The van der Waals surface area contributed by atoms with Gasteiger partial charge in [-0.05, 0) is 25.0 Å². The van der Waals surface area contributed by atoms with E-state index in [1.807, 2.05) is 6.92 Å². The third kappa shape index (κ3) is 3.62. The molecule has 0 aliphatic rings. The van der Waals surface area contributed by atoms with Crippen LogP contribution >= 0.6 is 11.6 Å². The lowest BCUT2D eigenvalue weighted by atomic mass is 10.3. The Labute approximate surface area is 100 Å². The number of aryl methyl sites for hydroxylation is 1. The van der Waals surface area contributed by atoms with Gasteiger partial charge in [-0.3, -0.25) is 4.72 Å². The SMILES string of the molecule is CCCNS(=O)(=O)Nc1c(C)ccnc1Cl. The first kappa shape index (κ1) is 13.2. The van der Waals surface area contributed by atoms with Crippen molar-refractivity contribution in [3.05, 3.63) is 23.0 Å². The van der Waals surface area contributed by atoms with Crippen LogP contribution in [0.4, 0.5) is 5.69 Å². The fourth-order valence-electron chi connectivity index (χ4n) is 1.05.